The van der Waals surface area contributed by atoms with Gasteiger partial charge in [0, 0.05) is 17.5 Å². The third kappa shape index (κ3) is 3.56. The summed E-state index contributed by atoms with van der Waals surface area (Å²) < 4.78 is 0. The summed E-state index contributed by atoms with van der Waals surface area (Å²) in [6, 6.07) is 7.86. The van der Waals surface area contributed by atoms with E-state index in [1.807, 2.05) is 0 Å². The third-order valence-corrected chi connectivity index (χ3v) is 3.33. The molecule has 0 aliphatic carbocycles. The van der Waals surface area contributed by atoms with E-state index in [1.165, 1.54) is 42.7 Å². The van der Waals surface area contributed by atoms with Gasteiger partial charge in [0.25, 0.3) is 5.69 Å². The highest BCUT2D eigenvalue weighted by atomic mass is 35.5. The second kappa shape index (κ2) is 6.97. The lowest BCUT2D eigenvalue weighted by Gasteiger charge is -2.10. The van der Waals surface area contributed by atoms with Gasteiger partial charge >= 0.3 is 5.97 Å². The average Bonchev–Trinajstić information content (AvgIpc) is 2.56. The molecule has 0 atom stereocenters. The highest BCUT2D eigenvalue weighted by Crippen LogP contribution is 2.32. The van der Waals surface area contributed by atoms with Crippen molar-refractivity contribution in [2.24, 2.45) is 0 Å². The Balaban J connectivity index is 0.00000225. The number of benzene rings is 2. The summed E-state index contributed by atoms with van der Waals surface area (Å²) in [5, 5.41) is 33.0. The minimum Gasteiger partial charge on any atom is -0.506 e. The van der Waals surface area contributed by atoms with Gasteiger partial charge in [-0.1, -0.05) is 0 Å². The molecule has 3 rings (SSSR count). The first kappa shape index (κ1) is 17.9. The van der Waals surface area contributed by atoms with Crippen molar-refractivity contribution in [1.29, 1.82) is 0 Å². The fraction of sp³-hybridized carbons (Fsp3) is 0. The fourth-order valence-corrected chi connectivity index (χ4v) is 2.15. The first-order valence-electron chi connectivity index (χ1n) is 6.68. The van der Waals surface area contributed by atoms with Gasteiger partial charge < -0.3 is 15.5 Å². The number of phenolic OH excluding ortho intramolecular Hbond substituents is 1. The zero-order valence-corrected chi connectivity index (χ0v) is 13.2. The predicted octanol–water partition coefficient (Wildman–Crippen LogP) is 3.11. The number of rotatable bonds is 4. The molecule has 0 bridgehead atoms. The van der Waals surface area contributed by atoms with Crippen molar-refractivity contribution < 1.29 is 19.9 Å². The summed E-state index contributed by atoms with van der Waals surface area (Å²) in [4.78, 5) is 29.3. The van der Waals surface area contributed by atoms with Gasteiger partial charge in [0.1, 0.15) is 17.9 Å². The Morgan fingerprint density at radius 2 is 1.92 bits per heavy atom. The van der Waals surface area contributed by atoms with E-state index in [0.29, 0.717) is 10.9 Å². The van der Waals surface area contributed by atoms with E-state index in [9.17, 15) is 20.0 Å². The Kier molecular flexibility index (Phi) is 4.99. The van der Waals surface area contributed by atoms with Crippen molar-refractivity contribution in [3.8, 4) is 5.75 Å². The molecule has 0 saturated heterocycles. The van der Waals surface area contributed by atoms with Gasteiger partial charge in [-0.2, -0.15) is 0 Å². The van der Waals surface area contributed by atoms with Gasteiger partial charge in [-0.3, -0.25) is 10.1 Å². The van der Waals surface area contributed by atoms with E-state index in [4.69, 9.17) is 5.11 Å². The van der Waals surface area contributed by atoms with Crippen molar-refractivity contribution in [3.05, 3.63) is 58.4 Å². The number of nitro groups is 1. The predicted molar refractivity (Wildman–Crippen MR) is 91.8 cm³/mol. The van der Waals surface area contributed by atoms with Crippen LogP contribution in [0.3, 0.4) is 0 Å². The van der Waals surface area contributed by atoms with Crippen LogP contribution in [0.2, 0.25) is 0 Å². The van der Waals surface area contributed by atoms with Gasteiger partial charge in [0.05, 0.1) is 21.7 Å². The molecule has 128 valence electrons. The third-order valence-electron chi connectivity index (χ3n) is 3.33. The number of phenols is 1. The normalized spacial score (nSPS) is 10.1. The lowest BCUT2D eigenvalue weighted by atomic mass is 10.1. The molecule has 10 heteroatoms. The molecule has 9 nitrogen and oxygen atoms in total. The average molecular weight is 363 g/mol. The SMILES string of the molecule is Cl.O=C(O)c1ccc2c(Nc3cc([N+](=O)[O-])ccc3O)ncnc2c1. The second-order valence-electron chi connectivity index (χ2n) is 4.84. The summed E-state index contributed by atoms with van der Waals surface area (Å²) >= 11 is 0. The molecule has 1 aromatic heterocycles. The quantitative estimate of drug-likeness (QED) is 0.365. The molecule has 0 fully saturated rings. The summed E-state index contributed by atoms with van der Waals surface area (Å²) in [5.41, 5.74) is 0.371. The number of nitro benzene ring substituents is 1. The molecule has 3 aromatic rings. The largest absolute Gasteiger partial charge is 0.506 e. The van der Waals surface area contributed by atoms with Gasteiger partial charge in [-0.25, -0.2) is 14.8 Å². The Bertz CT molecular complexity index is 979. The number of carbonyl (C=O) groups is 1. The van der Waals surface area contributed by atoms with E-state index in [2.05, 4.69) is 15.3 Å². The van der Waals surface area contributed by atoms with E-state index in [1.54, 1.807) is 0 Å². The molecule has 0 aliphatic heterocycles. The molecule has 25 heavy (non-hydrogen) atoms. The van der Waals surface area contributed by atoms with Crippen molar-refractivity contribution in [3.63, 3.8) is 0 Å². The molecule has 1 heterocycles. The molecular weight excluding hydrogens is 352 g/mol. The van der Waals surface area contributed by atoms with Crippen LogP contribution in [0.15, 0.2) is 42.7 Å². The monoisotopic (exact) mass is 362 g/mol. The number of aromatic carboxylic acids is 1. The van der Waals surface area contributed by atoms with Crippen LogP contribution in [0.25, 0.3) is 10.9 Å². The number of carboxylic acids is 1. The maximum Gasteiger partial charge on any atom is 0.335 e. The first-order chi connectivity index (χ1) is 11.5. The number of carboxylic acid groups (broad SMARTS) is 1. The van der Waals surface area contributed by atoms with E-state index in [0.717, 1.165) is 0 Å². The number of nitrogens with zero attached hydrogens (tertiary/aromatic N) is 3. The van der Waals surface area contributed by atoms with Crippen molar-refractivity contribution in [2.75, 3.05) is 5.32 Å². The summed E-state index contributed by atoms with van der Waals surface area (Å²) in [6.45, 7) is 0. The Labute approximate surface area is 146 Å². The molecule has 0 unspecified atom stereocenters. The summed E-state index contributed by atoms with van der Waals surface area (Å²) in [6.07, 6.45) is 1.23. The first-order valence-corrected chi connectivity index (χ1v) is 6.68. The minimum atomic E-state index is -1.08. The number of nitrogens with one attached hydrogen (secondary N) is 1. The molecule has 0 radical (unpaired) electrons. The topological polar surface area (TPSA) is 138 Å². The Morgan fingerprint density at radius 3 is 2.60 bits per heavy atom. The number of aromatic nitrogens is 2. The van der Waals surface area contributed by atoms with Crippen LogP contribution in [0.1, 0.15) is 10.4 Å². The van der Waals surface area contributed by atoms with E-state index in [-0.39, 0.29) is 40.9 Å². The summed E-state index contributed by atoms with van der Waals surface area (Å²) in [7, 11) is 0. The minimum absolute atomic E-state index is 0. The van der Waals surface area contributed by atoms with Gasteiger partial charge in [-0.05, 0) is 24.3 Å². The van der Waals surface area contributed by atoms with Gasteiger partial charge in [0.15, 0.2) is 0 Å². The maximum atomic E-state index is 11.0. The number of fused-ring (bicyclic) bond motifs is 1. The van der Waals surface area contributed by atoms with E-state index < -0.39 is 10.9 Å². The number of hydrogen-bond donors (Lipinski definition) is 3. The van der Waals surface area contributed by atoms with Crippen molar-refractivity contribution in [2.45, 2.75) is 0 Å². The Morgan fingerprint density at radius 1 is 1.16 bits per heavy atom. The molecule has 0 aliphatic rings. The lowest BCUT2D eigenvalue weighted by molar-refractivity contribution is -0.384. The number of halogens is 1. The van der Waals surface area contributed by atoms with E-state index >= 15 is 0 Å². The van der Waals surface area contributed by atoms with Crippen LogP contribution >= 0.6 is 12.4 Å². The van der Waals surface area contributed by atoms with Crippen LogP contribution < -0.4 is 5.32 Å². The van der Waals surface area contributed by atoms with Crippen LogP contribution in [-0.2, 0) is 0 Å². The van der Waals surface area contributed by atoms with Gasteiger partial charge in [0.2, 0.25) is 0 Å². The standard InChI is InChI=1S/C15H10N4O5.ClH/c20-13-4-2-9(19(23)24)6-12(13)18-14-10-3-1-8(15(21)22)5-11(10)16-7-17-14;/h1-7,20H,(H,21,22)(H,16,17,18);1H. The lowest BCUT2D eigenvalue weighted by Crippen LogP contribution is -2.00. The molecule has 0 saturated carbocycles. The Hall–Kier alpha value is -3.46. The number of aromatic hydroxyl groups is 1. The maximum absolute atomic E-state index is 11.0. The number of anilines is 2. The zero-order valence-electron chi connectivity index (χ0n) is 12.4. The van der Waals surface area contributed by atoms with Crippen LogP contribution in [0.5, 0.6) is 5.75 Å². The van der Waals surface area contributed by atoms with Crippen molar-refractivity contribution >= 4 is 46.5 Å². The number of non-ortho nitro benzene ring substituents is 1. The molecule has 0 spiro atoms. The molecule has 0 amide bonds. The molecular formula is C15H11ClN4O5. The van der Waals surface area contributed by atoms with Crippen molar-refractivity contribution in [1.82, 2.24) is 9.97 Å². The van der Waals surface area contributed by atoms with Crippen LogP contribution in [0.4, 0.5) is 17.2 Å². The fourth-order valence-electron chi connectivity index (χ4n) is 2.15. The zero-order chi connectivity index (χ0) is 17.3. The number of hydrogen-bond acceptors (Lipinski definition) is 7. The second-order valence-corrected chi connectivity index (χ2v) is 4.84. The highest BCUT2D eigenvalue weighted by molar-refractivity contribution is 5.97. The van der Waals surface area contributed by atoms with Crippen LogP contribution in [-0.4, -0.2) is 31.1 Å². The molecule has 3 N–H and O–H groups in total. The van der Waals surface area contributed by atoms with Gasteiger partial charge in [-0.15, -0.1) is 12.4 Å². The highest BCUT2D eigenvalue weighted by Gasteiger charge is 2.13. The van der Waals surface area contributed by atoms with Crippen LogP contribution in [0, 0.1) is 10.1 Å². The smallest absolute Gasteiger partial charge is 0.335 e. The summed E-state index contributed by atoms with van der Waals surface area (Å²) in [5.74, 6) is -0.983. The molecule has 2 aromatic carbocycles.